The normalized spacial score (nSPS) is 15.6. The standard InChI is InChI=1S/C15H21N3O2/c16-15(20)17-10-11-6-8-12(9-7-11)14(19)18-13-4-2-1-3-5-13/h6-9,13H,1-5,10H2,(H,18,19)(H3,16,17,20). The molecule has 0 atom stereocenters. The van der Waals surface area contributed by atoms with Crippen LogP contribution in [0.15, 0.2) is 24.3 Å². The zero-order valence-corrected chi connectivity index (χ0v) is 11.5. The predicted molar refractivity (Wildman–Crippen MR) is 77.2 cm³/mol. The van der Waals surface area contributed by atoms with E-state index in [0.717, 1.165) is 18.4 Å². The van der Waals surface area contributed by atoms with E-state index in [1.807, 2.05) is 12.1 Å². The molecule has 1 aromatic carbocycles. The topological polar surface area (TPSA) is 84.2 Å². The molecule has 1 saturated carbocycles. The molecule has 20 heavy (non-hydrogen) atoms. The number of primary amides is 1. The predicted octanol–water partition coefficient (Wildman–Crippen LogP) is 1.92. The average molecular weight is 275 g/mol. The lowest BCUT2D eigenvalue weighted by atomic mass is 9.95. The van der Waals surface area contributed by atoms with Crippen molar-refractivity contribution >= 4 is 11.9 Å². The lowest BCUT2D eigenvalue weighted by Crippen LogP contribution is -2.36. The highest BCUT2D eigenvalue weighted by Gasteiger charge is 2.16. The van der Waals surface area contributed by atoms with Crippen LogP contribution < -0.4 is 16.4 Å². The van der Waals surface area contributed by atoms with Gasteiger partial charge in [-0.1, -0.05) is 31.4 Å². The molecule has 0 saturated heterocycles. The number of nitrogens with two attached hydrogens (primary N) is 1. The van der Waals surface area contributed by atoms with E-state index < -0.39 is 6.03 Å². The highest BCUT2D eigenvalue weighted by Crippen LogP contribution is 2.17. The molecule has 0 aromatic heterocycles. The fourth-order valence-electron chi connectivity index (χ4n) is 2.48. The molecule has 5 heteroatoms. The summed E-state index contributed by atoms with van der Waals surface area (Å²) in [6, 6.07) is 6.96. The summed E-state index contributed by atoms with van der Waals surface area (Å²) < 4.78 is 0. The van der Waals surface area contributed by atoms with Gasteiger partial charge < -0.3 is 16.4 Å². The number of hydrogen-bond donors (Lipinski definition) is 3. The number of hydrogen-bond acceptors (Lipinski definition) is 2. The molecule has 1 aromatic rings. The first-order valence-electron chi connectivity index (χ1n) is 7.08. The Balaban J connectivity index is 1.88. The van der Waals surface area contributed by atoms with E-state index >= 15 is 0 Å². The van der Waals surface area contributed by atoms with Crippen molar-refractivity contribution in [3.8, 4) is 0 Å². The molecule has 108 valence electrons. The molecular formula is C15H21N3O2. The molecule has 0 radical (unpaired) electrons. The van der Waals surface area contributed by atoms with Gasteiger partial charge in [0.1, 0.15) is 0 Å². The summed E-state index contributed by atoms with van der Waals surface area (Å²) in [6.45, 7) is 0.375. The summed E-state index contributed by atoms with van der Waals surface area (Å²) in [5.74, 6) is -0.0219. The van der Waals surface area contributed by atoms with Crippen molar-refractivity contribution in [3.05, 3.63) is 35.4 Å². The number of rotatable bonds is 4. The van der Waals surface area contributed by atoms with Gasteiger partial charge in [-0.15, -0.1) is 0 Å². The summed E-state index contributed by atoms with van der Waals surface area (Å²) >= 11 is 0. The Morgan fingerprint density at radius 1 is 1.10 bits per heavy atom. The van der Waals surface area contributed by atoms with E-state index in [9.17, 15) is 9.59 Å². The fourth-order valence-corrected chi connectivity index (χ4v) is 2.48. The minimum absolute atomic E-state index is 0.0219. The van der Waals surface area contributed by atoms with Crippen molar-refractivity contribution < 1.29 is 9.59 Å². The molecule has 1 aliphatic carbocycles. The zero-order valence-electron chi connectivity index (χ0n) is 11.5. The maximum Gasteiger partial charge on any atom is 0.312 e. The fraction of sp³-hybridized carbons (Fsp3) is 0.467. The average Bonchev–Trinajstić information content (AvgIpc) is 2.46. The van der Waals surface area contributed by atoms with Gasteiger partial charge in [-0.2, -0.15) is 0 Å². The van der Waals surface area contributed by atoms with Crippen LogP contribution in [0.25, 0.3) is 0 Å². The van der Waals surface area contributed by atoms with Gasteiger partial charge in [-0.3, -0.25) is 4.79 Å². The first-order valence-corrected chi connectivity index (χ1v) is 7.08. The van der Waals surface area contributed by atoms with Crippen LogP contribution in [0.1, 0.15) is 48.0 Å². The second kappa shape index (κ2) is 6.93. The minimum atomic E-state index is -0.552. The summed E-state index contributed by atoms with van der Waals surface area (Å²) in [4.78, 5) is 22.7. The monoisotopic (exact) mass is 275 g/mol. The second-order valence-corrected chi connectivity index (χ2v) is 5.22. The van der Waals surface area contributed by atoms with E-state index in [1.54, 1.807) is 12.1 Å². The molecule has 0 aliphatic heterocycles. The van der Waals surface area contributed by atoms with Crippen molar-refractivity contribution in [2.45, 2.75) is 44.7 Å². The van der Waals surface area contributed by atoms with Crippen LogP contribution >= 0.6 is 0 Å². The number of amides is 3. The van der Waals surface area contributed by atoms with Crippen LogP contribution in [0.3, 0.4) is 0 Å². The third kappa shape index (κ3) is 4.26. The van der Waals surface area contributed by atoms with Gasteiger partial charge in [0, 0.05) is 18.2 Å². The maximum atomic E-state index is 12.1. The minimum Gasteiger partial charge on any atom is -0.352 e. The van der Waals surface area contributed by atoms with Crippen molar-refractivity contribution in [2.24, 2.45) is 5.73 Å². The van der Waals surface area contributed by atoms with Crippen molar-refractivity contribution in [1.29, 1.82) is 0 Å². The van der Waals surface area contributed by atoms with Gasteiger partial charge in [0.15, 0.2) is 0 Å². The van der Waals surface area contributed by atoms with Gasteiger partial charge in [0.25, 0.3) is 5.91 Å². The van der Waals surface area contributed by atoms with Crippen LogP contribution in [0.5, 0.6) is 0 Å². The number of nitrogens with one attached hydrogen (secondary N) is 2. The summed E-state index contributed by atoms with van der Waals surface area (Å²) in [5.41, 5.74) is 6.57. The van der Waals surface area contributed by atoms with Crippen LogP contribution in [-0.4, -0.2) is 18.0 Å². The van der Waals surface area contributed by atoms with Crippen LogP contribution in [0.4, 0.5) is 4.79 Å². The molecule has 1 fully saturated rings. The molecule has 0 bridgehead atoms. The smallest absolute Gasteiger partial charge is 0.312 e. The third-order valence-electron chi connectivity index (χ3n) is 3.62. The summed E-state index contributed by atoms with van der Waals surface area (Å²) in [5, 5.41) is 5.59. The number of urea groups is 1. The van der Waals surface area contributed by atoms with E-state index in [0.29, 0.717) is 18.2 Å². The summed E-state index contributed by atoms with van der Waals surface area (Å²) in [7, 11) is 0. The Bertz CT molecular complexity index is 465. The Labute approximate surface area is 118 Å². The number of benzene rings is 1. The first-order chi connectivity index (χ1) is 9.65. The molecule has 5 nitrogen and oxygen atoms in total. The van der Waals surface area contributed by atoms with Crippen LogP contribution in [0.2, 0.25) is 0 Å². The molecular weight excluding hydrogens is 254 g/mol. The van der Waals surface area contributed by atoms with Gasteiger partial charge >= 0.3 is 6.03 Å². The summed E-state index contributed by atoms with van der Waals surface area (Å²) in [6.07, 6.45) is 5.82. The maximum absolute atomic E-state index is 12.1. The highest BCUT2D eigenvalue weighted by molar-refractivity contribution is 5.94. The third-order valence-corrected chi connectivity index (χ3v) is 3.62. The number of carbonyl (C=O) groups excluding carboxylic acids is 2. The van der Waals surface area contributed by atoms with E-state index in [2.05, 4.69) is 10.6 Å². The molecule has 3 amide bonds. The highest BCUT2D eigenvalue weighted by atomic mass is 16.2. The van der Waals surface area contributed by atoms with Crippen LogP contribution in [0, 0.1) is 0 Å². The van der Waals surface area contributed by atoms with Gasteiger partial charge in [-0.25, -0.2) is 4.79 Å². The Hall–Kier alpha value is -2.04. The molecule has 4 N–H and O–H groups in total. The number of carbonyl (C=O) groups is 2. The van der Waals surface area contributed by atoms with Gasteiger partial charge in [0.2, 0.25) is 0 Å². The van der Waals surface area contributed by atoms with Crippen LogP contribution in [-0.2, 0) is 6.54 Å². The van der Waals surface area contributed by atoms with Crippen molar-refractivity contribution in [2.75, 3.05) is 0 Å². The van der Waals surface area contributed by atoms with E-state index in [-0.39, 0.29) is 5.91 Å². The molecule has 0 unspecified atom stereocenters. The Morgan fingerprint density at radius 3 is 2.35 bits per heavy atom. The Morgan fingerprint density at radius 2 is 1.75 bits per heavy atom. The largest absolute Gasteiger partial charge is 0.352 e. The molecule has 0 heterocycles. The molecule has 0 spiro atoms. The van der Waals surface area contributed by atoms with Gasteiger partial charge in [0.05, 0.1) is 0 Å². The quantitative estimate of drug-likeness (QED) is 0.784. The lowest BCUT2D eigenvalue weighted by molar-refractivity contribution is 0.0927. The first kappa shape index (κ1) is 14.4. The second-order valence-electron chi connectivity index (χ2n) is 5.22. The van der Waals surface area contributed by atoms with E-state index in [1.165, 1.54) is 19.3 Å². The van der Waals surface area contributed by atoms with Crippen molar-refractivity contribution in [3.63, 3.8) is 0 Å². The van der Waals surface area contributed by atoms with E-state index in [4.69, 9.17) is 5.73 Å². The molecule has 2 rings (SSSR count). The zero-order chi connectivity index (χ0) is 14.4. The van der Waals surface area contributed by atoms with Crippen molar-refractivity contribution in [1.82, 2.24) is 10.6 Å². The lowest BCUT2D eigenvalue weighted by Gasteiger charge is -2.22. The molecule has 1 aliphatic rings. The van der Waals surface area contributed by atoms with Gasteiger partial charge in [-0.05, 0) is 30.5 Å². The Kier molecular flexibility index (Phi) is 4.98. The SMILES string of the molecule is NC(=O)NCc1ccc(C(=O)NC2CCCCC2)cc1.